The molecule has 2 aromatic carbocycles. The van der Waals surface area contributed by atoms with Gasteiger partial charge in [0.1, 0.15) is 5.75 Å². The number of carboxylic acids is 1. The van der Waals surface area contributed by atoms with Crippen LogP contribution in [-0.4, -0.2) is 29.3 Å². The SMILES string of the molecule is Cc1cc(Cl)ccc1OCC(=O)NN=C(CCC(=O)O)c1ccccc1. The van der Waals surface area contributed by atoms with Gasteiger partial charge in [-0.2, -0.15) is 5.10 Å². The number of benzene rings is 2. The Hall–Kier alpha value is -2.86. The van der Waals surface area contributed by atoms with Crippen LogP contribution in [0.25, 0.3) is 0 Å². The lowest BCUT2D eigenvalue weighted by Crippen LogP contribution is -2.26. The van der Waals surface area contributed by atoms with Crippen molar-refractivity contribution in [3.63, 3.8) is 0 Å². The van der Waals surface area contributed by atoms with Crippen molar-refractivity contribution in [2.24, 2.45) is 5.10 Å². The first-order valence-electron chi connectivity index (χ1n) is 7.97. The van der Waals surface area contributed by atoms with E-state index in [4.69, 9.17) is 21.4 Å². The molecule has 2 N–H and O–H groups in total. The van der Waals surface area contributed by atoms with Crippen LogP contribution in [0.4, 0.5) is 0 Å². The Morgan fingerprint density at radius 1 is 1.15 bits per heavy atom. The highest BCUT2D eigenvalue weighted by Crippen LogP contribution is 2.21. The molecule has 0 saturated heterocycles. The van der Waals surface area contributed by atoms with E-state index in [9.17, 15) is 9.59 Å². The van der Waals surface area contributed by atoms with Gasteiger partial charge in [0.15, 0.2) is 6.61 Å². The van der Waals surface area contributed by atoms with E-state index >= 15 is 0 Å². The number of nitrogens with zero attached hydrogens (tertiary/aromatic N) is 1. The zero-order valence-electron chi connectivity index (χ0n) is 14.2. The fourth-order valence-corrected chi connectivity index (χ4v) is 2.43. The first kappa shape index (κ1) is 19.5. The van der Waals surface area contributed by atoms with Crippen molar-refractivity contribution in [2.75, 3.05) is 6.61 Å². The van der Waals surface area contributed by atoms with E-state index in [0.29, 0.717) is 16.5 Å². The summed E-state index contributed by atoms with van der Waals surface area (Å²) in [5.41, 5.74) is 4.47. The number of halogens is 1. The molecule has 6 nitrogen and oxygen atoms in total. The number of nitrogens with one attached hydrogen (secondary N) is 1. The van der Waals surface area contributed by atoms with Gasteiger partial charge in [0.05, 0.1) is 12.1 Å². The molecule has 0 bridgehead atoms. The summed E-state index contributed by atoms with van der Waals surface area (Å²) in [6.07, 6.45) is 0.126. The van der Waals surface area contributed by atoms with E-state index in [1.54, 1.807) is 30.3 Å². The number of aryl methyl sites for hydroxylation is 1. The maximum Gasteiger partial charge on any atom is 0.303 e. The molecule has 0 aliphatic heterocycles. The van der Waals surface area contributed by atoms with Crippen molar-refractivity contribution >= 4 is 29.2 Å². The van der Waals surface area contributed by atoms with Crippen LogP contribution in [0.3, 0.4) is 0 Å². The molecule has 0 saturated carbocycles. The maximum atomic E-state index is 12.0. The highest BCUT2D eigenvalue weighted by Gasteiger charge is 2.09. The van der Waals surface area contributed by atoms with Gasteiger partial charge in [-0.15, -0.1) is 0 Å². The number of carbonyl (C=O) groups is 2. The first-order valence-corrected chi connectivity index (χ1v) is 8.35. The largest absolute Gasteiger partial charge is 0.483 e. The molecular formula is C19H19ClN2O4. The van der Waals surface area contributed by atoms with Gasteiger partial charge in [-0.3, -0.25) is 9.59 Å². The summed E-state index contributed by atoms with van der Waals surface area (Å²) in [6, 6.07) is 14.2. The second-order valence-corrected chi connectivity index (χ2v) is 5.99. The van der Waals surface area contributed by atoms with Crippen LogP contribution in [0, 0.1) is 6.92 Å². The Morgan fingerprint density at radius 3 is 2.54 bits per heavy atom. The van der Waals surface area contributed by atoms with Gasteiger partial charge in [0.25, 0.3) is 5.91 Å². The normalized spacial score (nSPS) is 11.1. The van der Waals surface area contributed by atoms with Gasteiger partial charge >= 0.3 is 5.97 Å². The molecule has 0 spiro atoms. The minimum Gasteiger partial charge on any atom is -0.483 e. The van der Waals surface area contributed by atoms with E-state index in [-0.39, 0.29) is 19.4 Å². The molecule has 0 atom stereocenters. The second kappa shape index (κ2) is 9.58. The van der Waals surface area contributed by atoms with Gasteiger partial charge in [-0.05, 0) is 36.2 Å². The van der Waals surface area contributed by atoms with Crippen molar-refractivity contribution in [3.05, 3.63) is 64.7 Å². The lowest BCUT2D eigenvalue weighted by Gasteiger charge is -2.09. The summed E-state index contributed by atoms with van der Waals surface area (Å²) in [5.74, 6) is -0.813. The van der Waals surface area contributed by atoms with Crippen LogP contribution in [0.1, 0.15) is 24.0 Å². The third kappa shape index (κ3) is 6.22. The Labute approximate surface area is 156 Å². The van der Waals surface area contributed by atoms with Crippen LogP contribution in [-0.2, 0) is 9.59 Å². The summed E-state index contributed by atoms with van der Waals surface area (Å²) in [4.78, 5) is 22.8. The Balaban J connectivity index is 1.98. The fraction of sp³-hybridized carbons (Fsp3) is 0.211. The van der Waals surface area contributed by atoms with E-state index in [0.717, 1.165) is 11.1 Å². The lowest BCUT2D eigenvalue weighted by molar-refractivity contribution is -0.136. The zero-order valence-corrected chi connectivity index (χ0v) is 15.0. The highest BCUT2D eigenvalue weighted by atomic mass is 35.5. The predicted octanol–water partition coefficient (Wildman–Crippen LogP) is 3.41. The van der Waals surface area contributed by atoms with Crippen molar-refractivity contribution in [1.82, 2.24) is 5.43 Å². The number of carbonyl (C=O) groups excluding carboxylic acids is 1. The van der Waals surface area contributed by atoms with Crippen molar-refractivity contribution in [1.29, 1.82) is 0 Å². The molecule has 136 valence electrons. The van der Waals surface area contributed by atoms with Gasteiger partial charge in [0, 0.05) is 11.4 Å². The number of aliphatic carboxylic acids is 1. The number of hydrogen-bond donors (Lipinski definition) is 2. The van der Waals surface area contributed by atoms with Crippen LogP contribution in [0.2, 0.25) is 5.02 Å². The van der Waals surface area contributed by atoms with Crippen LogP contribution < -0.4 is 10.2 Å². The van der Waals surface area contributed by atoms with Crippen molar-refractivity contribution < 1.29 is 19.4 Å². The van der Waals surface area contributed by atoms with Gasteiger partial charge in [0.2, 0.25) is 0 Å². The molecule has 0 fully saturated rings. The lowest BCUT2D eigenvalue weighted by atomic mass is 10.1. The fourth-order valence-electron chi connectivity index (χ4n) is 2.20. The minimum atomic E-state index is -0.929. The number of hydrazone groups is 1. The standard InChI is InChI=1S/C19H19ClN2O4/c1-13-11-15(20)7-9-17(13)26-12-18(23)22-21-16(8-10-19(24)25)14-5-3-2-4-6-14/h2-7,9,11H,8,10,12H2,1H3,(H,22,23)(H,24,25). The quantitative estimate of drug-likeness (QED) is 0.547. The van der Waals surface area contributed by atoms with E-state index < -0.39 is 11.9 Å². The van der Waals surface area contributed by atoms with Gasteiger partial charge in [-0.1, -0.05) is 41.9 Å². The molecule has 0 aliphatic carbocycles. The summed E-state index contributed by atoms with van der Waals surface area (Å²) >= 11 is 5.88. The minimum absolute atomic E-state index is 0.0793. The zero-order chi connectivity index (χ0) is 18.9. The molecule has 0 radical (unpaired) electrons. The maximum absolute atomic E-state index is 12.0. The number of carboxylic acid groups (broad SMARTS) is 1. The van der Waals surface area contributed by atoms with E-state index in [1.807, 2.05) is 25.1 Å². The molecule has 2 aromatic rings. The monoisotopic (exact) mass is 374 g/mol. The molecule has 1 amide bonds. The van der Waals surface area contributed by atoms with Gasteiger partial charge in [-0.25, -0.2) is 5.43 Å². The summed E-state index contributed by atoms with van der Waals surface area (Å²) in [7, 11) is 0. The van der Waals surface area contributed by atoms with Gasteiger partial charge < -0.3 is 9.84 Å². The summed E-state index contributed by atoms with van der Waals surface area (Å²) in [5, 5.41) is 13.5. The average molecular weight is 375 g/mol. The smallest absolute Gasteiger partial charge is 0.303 e. The number of rotatable bonds is 8. The summed E-state index contributed by atoms with van der Waals surface area (Å²) < 4.78 is 5.46. The number of amides is 1. The molecular weight excluding hydrogens is 356 g/mol. The third-order valence-electron chi connectivity index (χ3n) is 3.49. The Kier molecular flexibility index (Phi) is 7.17. The second-order valence-electron chi connectivity index (χ2n) is 5.55. The summed E-state index contributed by atoms with van der Waals surface area (Å²) in [6.45, 7) is 1.61. The first-order chi connectivity index (χ1) is 12.5. The molecule has 0 unspecified atom stereocenters. The van der Waals surface area contributed by atoms with Crippen LogP contribution in [0.5, 0.6) is 5.75 Å². The van der Waals surface area contributed by atoms with Crippen molar-refractivity contribution in [3.8, 4) is 5.75 Å². The topological polar surface area (TPSA) is 88.0 Å². The predicted molar refractivity (Wildman–Crippen MR) is 99.7 cm³/mol. The molecule has 0 aliphatic rings. The average Bonchev–Trinajstić information content (AvgIpc) is 2.61. The number of ether oxygens (including phenoxy) is 1. The molecule has 2 rings (SSSR count). The van der Waals surface area contributed by atoms with Crippen LogP contribution >= 0.6 is 11.6 Å². The van der Waals surface area contributed by atoms with Crippen LogP contribution in [0.15, 0.2) is 53.6 Å². The Morgan fingerprint density at radius 2 is 1.88 bits per heavy atom. The van der Waals surface area contributed by atoms with Crippen molar-refractivity contribution in [2.45, 2.75) is 19.8 Å². The third-order valence-corrected chi connectivity index (χ3v) is 3.73. The Bertz CT molecular complexity index is 806. The molecule has 0 heterocycles. The molecule has 26 heavy (non-hydrogen) atoms. The molecule has 7 heteroatoms. The highest BCUT2D eigenvalue weighted by molar-refractivity contribution is 6.30. The van der Waals surface area contributed by atoms with E-state index in [2.05, 4.69) is 10.5 Å². The number of hydrogen-bond acceptors (Lipinski definition) is 4. The van der Waals surface area contributed by atoms with E-state index in [1.165, 1.54) is 0 Å². The molecule has 0 aromatic heterocycles.